The third kappa shape index (κ3) is 2.80. The summed E-state index contributed by atoms with van der Waals surface area (Å²) in [6, 6.07) is 9.25. The number of rotatable bonds is 2. The molecule has 4 heteroatoms. The van der Waals surface area contributed by atoms with Gasteiger partial charge < -0.3 is 10.5 Å². The van der Waals surface area contributed by atoms with Crippen molar-refractivity contribution in [1.82, 2.24) is 4.98 Å². The topological polar surface area (TPSA) is 60.5 Å². The summed E-state index contributed by atoms with van der Waals surface area (Å²) < 4.78 is 5.59. The molecule has 4 nitrogen and oxygen atoms in total. The van der Waals surface area contributed by atoms with Gasteiger partial charge in [-0.05, 0) is 59.1 Å². The summed E-state index contributed by atoms with van der Waals surface area (Å²) in [5.41, 5.74) is 11.9. The van der Waals surface area contributed by atoms with E-state index >= 15 is 0 Å². The standard InChI is InChI=1S/C21H25N3O/c1-4-14-7-17(11-23-10-14)15-5-6-16-9-20(2,3)12-21(18(16)8-15)13-25-19(22)24-21/h5-8,10-11H,4,9,12-13H2,1-3H3,(H2,22,24). The van der Waals surface area contributed by atoms with Crippen LogP contribution in [0.25, 0.3) is 11.1 Å². The molecule has 25 heavy (non-hydrogen) atoms. The highest BCUT2D eigenvalue weighted by molar-refractivity contribution is 5.75. The zero-order valence-corrected chi connectivity index (χ0v) is 15.2. The summed E-state index contributed by atoms with van der Waals surface area (Å²) in [5, 5.41) is 0. The van der Waals surface area contributed by atoms with E-state index in [-0.39, 0.29) is 11.0 Å². The quantitative estimate of drug-likeness (QED) is 0.907. The lowest BCUT2D eigenvalue weighted by molar-refractivity contribution is 0.163. The molecule has 0 fully saturated rings. The van der Waals surface area contributed by atoms with E-state index in [2.05, 4.69) is 50.0 Å². The zero-order chi connectivity index (χ0) is 17.7. The molecule has 130 valence electrons. The van der Waals surface area contributed by atoms with E-state index in [4.69, 9.17) is 15.5 Å². The second kappa shape index (κ2) is 5.58. The number of hydrogen-bond donors (Lipinski definition) is 1. The van der Waals surface area contributed by atoms with Gasteiger partial charge in [0, 0.05) is 18.0 Å². The molecule has 1 aromatic carbocycles. The molecule has 2 aromatic rings. The molecule has 1 aromatic heterocycles. The highest BCUT2D eigenvalue weighted by Crippen LogP contribution is 2.49. The molecular formula is C21H25N3O. The zero-order valence-electron chi connectivity index (χ0n) is 15.2. The van der Waals surface area contributed by atoms with Crippen molar-refractivity contribution in [3.63, 3.8) is 0 Å². The molecule has 2 aliphatic rings. The number of hydrogen-bond acceptors (Lipinski definition) is 4. The van der Waals surface area contributed by atoms with E-state index in [0.29, 0.717) is 12.6 Å². The minimum atomic E-state index is -0.354. The molecule has 0 saturated carbocycles. The van der Waals surface area contributed by atoms with Crippen molar-refractivity contribution in [2.24, 2.45) is 16.1 Å². The summed E-state index contributed by atoms with van der Waals surface area (Å²) in [4.78, 5) is 9.14. The van der Waals surface area contributed by atoms with Gasteiger partial charge >= 0.3 is 0 Å². The predicted molar refractivity (Wildman–Crippen MR) is 100 cm³/mol. The molecule has 2 N–H and O–H groups in total. The van der Waals surface area contributed by atoms with Crippen LogP contribution in [0.2, 0.25) is 0 Å². The van der Waals surface area contributed by atoms with Gasteiger partial charge in [-0.25, -0.2) is 4.99 Å². The van der Waals surface area contributed by atoms with E-state index in [1.807, 2.05) is 12.4 Å². The molecule has 0 radical (unpaired) electrons. The van der Waals surface area contributed by atoms with Crippen LogP contribution >= 0.6 is 0 Å². The van der Waals surface area contributed by atoms with E-state index in [0.717, 1.165) is 24.8 Å². The Labute approximate surface area is 149 Å². The SMILES string of the molecule is CCc1cncc(-c2ccc3c(c2)C2(COC(N)=N2)CC(C)(C)C3)c1. The molecule has 2 heterocycles. The first kappa shape index (κ1) is 16.1. The molecule has 1 unspecified atom stereocenters. The number of aromatic nitrogens is 1. The fourth-order valence-corrected chi connectivity index (χ4v) is 4.34. The lowest BCUT2D eigenvalue weighted by Crippen LogP contribution is -2.39. The van der Waals surface area contributed by atoms with Crippen LogP contribution in [0.1, 0.15) is 43.9 Å². The molecular weight excluding hydrogens is 310 g/mol. The number of nitrogens with zero attached hydrogens (tertiary/aromatic N) is 2. The van der Waals surface area contributed by atoms with Crippen LogP contribution in [0.5, 0.6) is 0 Å². The number of benzene rings is 1. The maximum atomic E-state index is 5.89. The summed E-state index contributed by atoms with van der Waals surface area (Å²) in [6.45, 7) is 7.28. The summed E-state index contributed by atoms with van der Waals surface area (Å²) >= 11 is 0. The van der Waals surface area contributed by atoms with E-state index in [9.17, 15) is 0 Å². The van der Waals surface area contributed by atoms with E-state index in [1.54, 1.807) is 0 Å². The fourth-order valence-electron chi connectivity index (χ4n) is 4.34. The van der Waals surface area contributed by atoms with Crippen molar-refractivity contribution in [1.29, 1.82) is 0 Å². The third-order valence-corrected chi connectivity index (χ3v) is 5.37. The predicted octanol–water partition coefficient (Wildman–Crippen LogP) is 3.82. The Morgan fingerprint density at radius 1 is 1.16 bits per heavy atom. The van der Waals surface area contributed by atoms with Gasteiger partial charge in [0.05, 0.1) is 0 Å². The van der Waals surface area contributed by atoms with Crippen LogP contribution in [-0.2, 0) is 23.1 Å². The van der Waals surface area contributed by atoms with Crippen LogP contribution in [0.4, 0.5) is 0 Å². The van der Waals surface area contributed by atoms with Gasteiger partial charge in [0.1, 0.15) is 12.1 Å². The molecule has 4 rings (SSSR count). The second-order valence-electron chi connectivity index (χ2n) is 8.10. The monoisotopic (exact) mass is 335 g/mol. The lowest BCUT2D eigenvalue weighted by Gasteiger charge is -2.41. The van der Waals surface area contributed by atoms with Gasteiger partial charge in [-0.1, -0.05) is 32.9 Å². The smallest absolute Gasteiger partial charge is 0.283 e. The largest absolute Gasteiger partial charge is 0.462 e. The number of aliphatic imine (C=N–C) groups is 1. The first-order valence-electron chi connectivity index (χ1n) is 8.97. The fraction of sp³-hybridized carbons (Fsp3) is 0.429. The third-order valence-electron chi connectivity index (χ3n) is 5.37. The minimum absolute atomic E-state index is 0.176. The summed E-state index contributed by atoms with van der Waals surface area (Å²) in [5.74, 6) is 0. The van der Waals surface area contributed by atoms with Crippen molar-refractivity contribution < 1.29 is 4.74 Å². The van der Waals surface area contributed by atoms with Gasteiger partial charge in [0.25, 0.3) is 6.02 Å². The molecule has 1 atom stereocenters. The van der Waals surface area contributed by atoms with Gasteiger partial charge in [-0.3, -0.25) is 4.98 Å². The Balaban J connectivity index is 1.85. The first-order valence-corrected chi connectivity index (χ1v) is 8.97. The Bertz CT molecular complexity index is 856. The van der Waals surface area contributed by atoms with Crippen molar-refractivity contribution >= 4 is 6.02 Å². The van der Waals surface area contributed by atoms with Crippen LogP contribution < -0.4 is 5.73 Å². The number of nitrogens with two attached hydrogens (primary N) is 1. The van der Waals surface area contributed by atoms with Gasteiger partial charge in [0.15, 0.2) is 0 Å². The van der Waals surface area contributed by atoms with Crippen molar-refractivity contribution in [3.8, 4) is 11.1 Å². The first-order chi connectivity index (χ1) is 11.9. The summed E-state index contributed by atoms with van der Waals surface area (Å²) in [7, 11) is 0. The van der Waals surface area contributed by atoms with Gasteiger partial charge in [0.2, 0.25) is 0 Å². The Morgan fingerprint density at radius 3 is 2.72 bits per heavy atom. The van der Waals surface area contributed by atoms with Crippen molar-refractivity contribution in [2.45, 2.75) is 45.6 Å². The number of amidine groups is 1. The number of pyridine rings is 1. The van der Waals surface area contributed by atoms with Crippen LogP contribution in [0, 0.1) is 5.41 Å². The van der Waals surface area contributed by atoms with Gasteiger partial charge in [-0.2, -0.15) is 0 Å². The highest BCUT2D eigenvalue weighted by Gasteiger charge is 2.47. The van der Waals surface area contributed by atoms with Crippen LogP contribution in [-0.4, -0.2) is 17.6 Å². The normalized spacial score (nSPS) is 23.9. The maximum Gasteiger partial charge on any atom is 0.283 e. The van der Waals surface area contributed by atoms with Crippen molar-refractivity contribution in [3.05, 3.63) is 53.3 Å². The Morgan fingerprint density at radius 2 is 2.00 bits per heavy atom. The number of aryl methyl sites for hydroxylation is 1. The van der Waals surface area contributed by atoms with E-state index in [1.165, 1.54) is 22.3 Å². The highest BCUT2D eigenvalue weighted by atomic mass is 16.5. The minimum Gasteiger partial charge on any atom is -0.462 e. The average Bonchev–Trinajstić information content (AvgIpc) is 2.94. The lowest BCUT2D eigenvalue weighted by atomic mass is 9.65. The molecule has 0 amide bonds. The Hall–Kier alpha value is -2.36. The molecule has 1 aliphatic heterocycles. The second-order valence-corrected chi connectivity index (χ2v) is 8.10. The van der Waals surface area contributed by atoms with Crippen LogP contribution in [0.15, 0.2) is 41.7 Å². The van der Waals surface area contributed by atoms with Crippen molar-refractivity contribution in [2.75, 3.05) is 6.61 Å². The molecule has 1 aliphatic carbocycles. The molecule has 0 bridgehead atoms. The number of fused-ring (bicyclic) bond motifs is 2. The Kier molecular flexibility index (Phi) is 3.60. The molecule has 0 saturated heterocycles. The average molecular weight is 335 g/mol. The van der Waals surface area contributed by atoms with Gasteiger partial charge in [-0.15, -0.1) is 0 Å². The van der Waals surface area contributed by atoms with Crippen LogP contribution in [0.3, 0.4) is 0 Å². The summed E-state index contributed by atoms with van der Waals surface area (Å²) in [6.07, 6.45) is 6.85. The maximum absolute atomic E-state index is 5.89. The number of ether oxygens (including phenoxy) is 1. The van der Waals surface area contributed by atoms with E-state index < -0.39 is 0 Å². The molecule has 1 spiro atoms.